The Labute approximate surface area is 165 Å². The molecule has 1 amide bonds. The van der Waals surface area contributed by atoms with Gasteiger partial charge in [-0.25, -0.2) is 13.1 Å². The number of aromatic nitrogens is 1. The summed E-state index contributed by atoms with van der Waals surface area (Å²) in [5, 5.41) is 0. The molecule has 2 aromatic rings. The molecule has 0 radical (unpaired) electrons. The van der Waals surface area contributed by atoms with E-state index in [1.54, 1.807) is 53.7 Å². The van der Waals surface area contributed by atoms with Gasteiger partial charge in [0.05, 0.1) is 12.2 Å². The van der Waals surface area contributed by atoms with Gasteiger partial charge in [-0.2, -0.15) is 0 Å². The van der Waals surface area contributed by atoms with Crippen molar-refractivity contribution in [3.05, 3.63) is 54.4 Å². The molecule has 150 valence electrons. The van der Waals surface area contributed by atoms with Crippen LogP contribution in [0.15, 0.2) is 53.7 Å². The number of amides is 1. The topological polar surface area (TPSA) is 88.6 Å². The summed E-state index contributed by atoms with van der Waals surface area (Å²) in [6.07, 6.45) is 4.71. The van der Waals surface area contributed by atoms with Crippen LogP contribution in [0.5, 0.6) is 5.75 Å². The van der Waals surface area contributed by atoms with Crippen LogP contribution in [0.2, 0.25) is 0 Å². The molecule has 7 nitrogen and oxygen atoms in total. The van der Waals surface area contributed by atoms with E-state index in [4.69, 9.17) is 4.74 Å². The van der Waals surface area contributed by atoms with Crippen molar-refractivity contribution in [2.45, 2.75) is 24.7 Å². The Bertz CT molecular complexity index is 895. The minimum atomic E-state index is -3.65. The zero-order valence-electron chi connectivity index (χ0n) is 15.9. The Hall–Kier alpha value is -2.45. The summed E-state index contributed by atoms with van der Waals surface area (Å²) in [5.41, 5.74) is 0.578. The fraction of sp³-hybridized carbons (Fsp3) is 0.400. The van der Waals surface area contributed by atoms with Crippen LogP contribution in [0.25, 0.3) is 0 Å². The van der Waals surface area contributed by atoms with Crippen LogP contribution in [-0.2, 0) is 10.0 Å². The number of para-hydroxylation sites is 1. The van der Waals surface area contributed by atoms with Crippen molar-refractivity contribution in [1.29, 1.82) is 0 Å². The highest BCUT2D eigenvalue weighted by atomic mass is 32.2. The number of carbonyl (C=O) groups excluding carboxylic acids is 1. The number of benzene rings is 1. The second kappa shape index (κ2) is 9.16. The Morgan fingerprint density at radius 3 is 2.64 bits per heavy atom. The van der Waals surface area contributed by atoms with Crippen molar-refractivity contribution in [2.75, 3.05) is 26.2 Å². The molecule has 2 heterocycles. The van der Waals surface area contributed by atoms with Gasteiger partial charge < -0.3 is 9.64 Å². The van der Waals surface area contributed by atoms with E-state index in [1.807, 2.05) is 6.92 Å². The van der Waals surface area contributed by atoms with Crippen molar-refractivity contribution >= 4 is 15.9 Å². The van der Waals surface area contributed by atoms with Gasteiger partial charge in [0, 0.05) is 32.0 Å². The van der Waals surface area contributed by atoms with E-state index in [0.717, 1.165) is 12.8 Å². The molecule has 0 saturated carbocycles. The first kappa shape index (κ1) is 20.3. The van der Waals surface area contributed by atoms with E-state index in [-0.39, 0.29) is 16.7 Å². The Balaban J connectivity index is 1.55. The fourth-order valence-electron chi connectivity index (χ4n) is 3.26. The molecule has 0 bridgehead atoms. The van der Waals surface area contributed by atoms with Gasteiger partial charge in [0.15, 0.2) is 0 Å². The molecule has 3 rings (SSSR count). The molecular formula is C20H25N3O4S. The summed E-state index contributed by atoms with van der Waals surface area (Å²) in [5.74, 6) is 0.513. The van der Waals surface area contributed by atoms with Gasteiger partial charge in [-0.05, 0) is 49.9 Å². The average Bonchev–Trinajstić information content (AvgIpc) is 2.73. The maximum Gasteiger partial charge on any atom is 0.255 e. The smallest absolute Gasteiger partial charge is 0.255 e. The molecule has 0 aliphatic carbocycles. The van der Waals surface area contributed by atoms with Crippen LogP contribution >= 0.6 is 0 Å². The number of hydrogen-bond acceptors (Lipinski definition) is 5. The van der Waals surface area contributed by atoms with Gasteiger partial charge in [-0.1, -0.05) is 12.1 Å². The summed E-state index contributed by atoms with van der Waals surface area (Å²) >= 11 is 0. The molecule has 8 heteroatoms. The van der Waals surface area contributed by atoms with Crippen molar-refractivity contribution in [1.82, 2.24) is 14.6 Å². The van der Waals surface area contributed by atoms with Crippen LogP contribution in [0, 0.1) is 5.92 Å². The Morgan fingerprint density at radius 2 is 1.96 bits per heavy atom. The number of carbonyl (C=O) groups is 1. The summed E-state index contributed by atoms with van der Waals surface area (Å²) < 4.78 is 33.5. The van der Waals surface area contributed by atoms with E-state index in [2.05, 4.69) is 9.71 Å². The lowest BCUT2D eigenvalue weighted by Gasteiger charge is -2.32. The van der Waals surface area contributed by atoms with Crippen LogP contribution in [0.1, 0.15) is 30.1 Å². The molecule has 1 saturated heterocycles. The monoisotopic (exact) mass is 403 g/mol. The number of piperidine rings is 1. The summed E-state index contributed by atoms with van der Waals surface area (Å²) in [7, 11) is -3.65. The molecule has 0 unspecified atom stereocenters. The number of nitrogens with zero attached hydrogens (tertiary/aromatic N) is 2. The number of hydrogen-bond donors (Lipinski definition) is 1. The summed E-state index contributed by atoms with van der Waals surface area (Å²) in [6, 6.07) is 10.1. The molecular weight excluding hydrogens is 378 g/mol. The first-order chi connectivity index (χ1) is 13.5. The van der Waals surface area contributed by atoms with Gasteiger partial charge in [-0.15, -0.1) is 0 Å². The molecule has 0 spiro atoms. The molecule has 1 fully saturated rings. The second-order valence-corrected chi connectivity index (χ2v) is 8.44. The maximum atomic E-state index is 12.7. The fourth-order valence-corrected chi connectivity index (χ4v) is 4.52. The van der Waals surface area contributed by atoms with Gasteiger partial charge in [-0.3, -0.25) is 9.78 Å². The predicted octanol–water partition coefficient (Wildman–Crippen LogP) is 2.31. The zero-order valence-corrected chi connectivity index (χ0v) is 16.7. The SMILES string of the molecule is CCOc1ccccc1S(=O)(=O)NCC1CCN(C(=O)c2cccnc2)CC1. The molecule has 1 aromatic carbocycles. The standard InChI is InChI=1S/C20H25N3O4S/c1-2-27-18-7-3-4-8-19(18)28(25,26)22-14-16-9-12-23(13-10-16)20(24)17-6-5-11-21-15-17/h3-8,11,15-16,22H,2,9-10,12-14H2,1H3. The third-order valence-electron chi connectivity index (χ3n) is 4.81. The Kier molecular flexibility index (Phi) is 6.64. The molecule has 1 aromatic heterocycles. The number of pyridine rings is 1. The summed E-state index contributed by atoms with van der Waals surface area (Å²) in [6.45, 7) is 3.77. The maximum absolute atomic E-state index is 12.7. The molecule has 28 heavy (non-hydrogen) atoms. The molecule has 1 N–H and O–H groups in total. The lowest BCUT2D eigenvalue weighted by Crippen LogP contribution is -2.41. The van der Waals surface area contributed by atoms with E-state index < -0.39 is 10.0 Å². The van der Waals surface area contributed by atoms with Crippen LogP contribution in [-0.4, -0.2) is 50.5 Å². The van der Waals surface area contributed by atoms with Crippen LogP contribution in [0.3, 0.4) is 0 Å². The predicted molar refractivity (Wildman–Crippen MR) is 106 cm³/mol. The van der Waals surface area contributed by atoms with Gasteiger partial charge in [0.1, 0.15) is 10.6 Å². The van der Waals surface area contributed by atoms with E-state index in [0.29, 0.717) is 37.6 Å². The van der Waals surface area contributed by atoms with Gasteiger partial charge >= 0.3 is 0 Å². The number of sulfonamides is 1. The second-order valence-electron chi connectivity index (χ2n) is 6.71. The number of ether oxygens (including phenoxy) is 1. The highest BCUT2D eigenvalue weighted by Crippen LogP contribution is 2.24. The highest BCUT2D eigenvalue weighted by Gasteiger charge is 2.26. The van der Waals surface area contributed by atoms with E-state index in [9.17, 15) is 13.2 Å². The lowest BCUT2D eigenvalue weighted by atomic mass is 9.97. The van der Waals surface area contributed by atoms with Crippen molar-refractivity contribution < 1.29 is 17.9 Å². The molecule has 0 atom stereocenters. The van der Waals surface area contributed by atoms with Gasteiger partial charge in [0.25, 0.3) is 5.91 Å². The minimum Gasteiger partial charge on any atom is -0.492 e. The highest BCUT2D eigenvalue weighted by molar-refractivity contribution is 7.89. The molecule has 1 aliphatic heterocycles. The third kappa shape index (κ3) is 4.88. The van der Waals surface area contributed by atoms with Gasteiger partial charge in [0.2, 0.25) is 10.0 Å². The average molecular weight is 404 g/mol. The van der Waals surface area contributed by atoms with Crippen molar-refractivity contribution in [3.63, 3.8) is 0 Å². The number of nitrogens with one attached hydrogen (secondary N) is 1. The summed E-state index contributed by atoms with van der Waals surface area (Å²) in [4.78, 5) is 18.4. The van der Waals surface area contributed by atoms with Crippen LogP contribution in [0.4, 0.5) is 0 Å². The number of likely N-dealkylation sites (tertiary alicyclic amines) is 1. The van der Waals surface area contributed by atoms with Crippen LogP contribution < -0.4 is 9.46 Å². The first-order valence-electron chi connectivity index (χ1n) is 9.42. The first-order valence-corrected chi connectivity index (χ1v) is 10.9. The minimum absolute atomic E-state index is 0.0298. The quantitative estimate of drug-likeness (QED) is 0.766. The number of rotatable bonds is 7. The zero-order chi connectivity index (χ0) is 20.0. The van der Waals surface area contributed by atoms with E-state index >= 15 is 0 Å². The Morgan fingerprint density at radius 1 is 1.21 bits per heavy atom. The molecule has 1 aliphatic rings. The lowest BCUT2D eigenvalue weighted by molar-refractivity contribution is 0.0691. The normalized spacial score (nSPS) is 15.4. The van der Waals surface area contributed by atoms with Crippen molar-refractivity contribution in [3.8, 4) is 5.75 Å². The third-order valence-corrected chi connectivity index (χ3v) is 6.27. The van der Waals surface area contributed by atoms with E-state index in [1.165, 1.54) is 0 Å². The largest absolute Gasteiger partial charge is 0.492 e. The van der Waals surface area contributed by atoms with Crippen molar-refractivity contribution in [2.24, 2.45) is 5.92 Å².